The number of ether oxygens (including phenoxy) is 2. The summed E-state index contributed by atoms with van der Waals surface area (Å²) in [7, 11) is 0. The van der Waals surface area contributed by atoms with Gasteiger partial charge < -0.3 is 14.8 Å². The third-order valence-corrected chi connectivity index (χ3v) is 5.00. The summed E-state index contributed by atoms with van der Waals surface area (Å²) in [5.41, 5.74) is 1.88. The summed E-state index contributed by atoms with van der Waals surface area (Å²) >= 11 is 6.02. The maximum Gasteiger partial charge on any atom is 0.235 e. The normalized spacial score (nSPS) is 16.1. The molecule has 1 amide bonds. The van der Waals surface area contributed by atoms with E-state index in [4.69, 9.17) is 21.1 Å². The second-order valence-electron chi connectivity index (χ2n) is 6.43. The first-order valence-electron chi connectivity index (χ1n) is 8.80. The van der Waals surface area contributed by atoms with E-state index in [1.165, 1.54) is 0 Å². The van der Waals surface area contributed by atoms with Crippen molar-refractivity contribution in [3.8, 4) is 5.88 Å². The van der Waals surface area contributed by atoms with Crippen LogP contribution in [0.1, 0.15) is 30.9 Å². The van der Waals surface area contributed by atoms with Gasteiger partial charge in [0.05, 0.1) is 23.9 Å². The second kappa shape index (κ2) is 8.06. The summed E-state index contributed by atoms with van der Waals surface area (Å²) in [6, 6.07) is 9.38. The van der Waals surface area contributed by atoms with Crippen molar-refractivity contribution in [2.24, 2.45) is 0 Å². The van der Waals surface area contributed by atoms with Crippen molar-refractivity contribution >= 4 is 23.2 Å². The van der Waals surface area contributed by atoms with Crippen molar-refractivity contribution in [3.63, 3.8) is 0 Å². The number of hydrogen-bond donors (Lipinski definition) is 1. The number of anilines is 1. The van der Waals surface area contributed by atoms with E-state index in [2.05, 4.69) is 10.3 Å². The van der Waals surface area contributed by atoms with Crippen LogP contribution in [0.15, 0.2) is 36.5 Å². The zero-order valence-electron chi connectivity index (χ0n) is 15.0. The number of pyridine rings is 1. The fourth-order valence-electron chi connectivity index (χ4n) is 3.30. The Bertz CT molecular complexity index is 771. The first kappa shape index (κ1) is 18.7. The van der Waals surface area contributed by atoms with E-state index in [-0.39, 0.29) is 5.91 Å². The molecule has 26 heavy (non-hydrogen) atoms. The highest BCUT2D eigenvalue weighted by atomic mass is 35.5. The molecule has 1 aromatic heterocycles. The Balaban J connectivity index is 1.86. The predicted octanol–water partition coefficient (Wildman–Crippen LogP) is 4.13. The molecule has 0 radical (unpaired) electrons. The monoisotopic (exact) mass is 374 g/mol. The Morgan fingerprint density at radius 1 is 1.31 bits per heavy atom. The lowest BCUT2D eigenvalue weighted by molar-refractivity contribution is -0.125. The highest BCUT2D eigenvalue weighted by Gasteiger charge is 2.41. The number of aryl methyl sites for hydroxylation is 1. The van der Waals surface area contributed by atoms with Crippen LogP contribution in [0.5, 0.6) is 5.88 Å². The molecule has 1 aliphatic heterocycles. The number of benzene rings is 1. The lowest BCUT2D eigenvalue weighted by atomic mass is 9.73. The fraction of sp³-hybridized carbons (Fsp3) is 0.400. The molecule has 0 bridgehead atoms. The Hall–Kier alpha value is -2.11. The second-order valence-corrected chi connectivity index (χ2v) is 6.87. The number of halogens is 1. The number of carbonyl (C=O) groups is 1. The van der Waals surface area contributed by atoms with Gasteiger partial charge in [0, 0.05) is 23.8 Å². The number of nitrogens with one attached hydrogen (secondary N) is 1. The highest BCUT2D eigenvalue weighted by Crippen LogP contribution is 2.37. The molecule has 6 heteroatoms. The fourth-order valence-corrected chi connectivity index (χ4v) is 3.43. The van der Waals surface area contributed by atoms with Crippen molar-refractivity contribution < 1.29 is 14.3 Å². The smallest absolute Gasteiger partial charge is 0.235 e. The van der Waals surface area contributed by atoms with Gasteiger partial charge in [-0.1, -0.05) is 23.7 Å². The van der Waals surface area contributed by atoms with Crippen LogP contribution in [-0.4, -0.2) is 30.7 Å². The molecule has 1 fully saturated rings. The zero-order chi connectivity index (χ0) is 18.6. The van der Waals surface area contributed by atoms with Crippen molar-refractivity contribution in [1.82, 2.24) is 4.98 Å². The number of carbonyl (C=O) groups excluding carboxylic acids is 1. The Morgan fingerprint density at radius 3 is 2.62 bits per heavy atom. The molecule has 138 valence electrons. The SMILES string of the molecule is CCOc1ncc(NC(=O)C2(c3ccc(Cl)cc3)CCOCC2)cc1C. The Morgan fingerprint density at radius 2 is 2.00 bits per heavy atom. The maximum atomic E-state index is 13.2. The third kappa shape index (κ3) is 3.84. The van der Waals surface area contributed by atoms with Crippen molar-refractivity contribution in [1.29, 1.82) is 0 Å². The summed E-state index contributed by atoms with van der Waals surface area (Å²) in [6.07, 6.45) is 2.89. The van der Waals surface area contributed by atoms with Gasteiger partial charge in [0.2, 0.25) is 11.8 Å². The van der Waals surface area contributed by atoms with Crippen LogP contribution in [0.4, 0.5) is 5.69 Å². The Kier molecular flexibility index (Phi) is 5.79. The molecular formula is C20H23ClN2O3. The lowest BCUT2D eigenvalue weighted by Crippen LogP contribution is -2.44. The minimum Gasteiger partial charge on any atom is -0.478 e. The van der Waals surface area contributed by atoms with Gasteiger partial charge >= 0.3 is 0 Å². The first-order valence-corrected chi connectivity index (χ1v) is 9.17. The van der Waals surface area contributed by atoms with Crippen molar-refractivity contribution in [3.05, 3.63) is 52.7 Å². The summed E-state index contributed by atoms with van der Waals surface area (Å²) in [5.74, 6) is 0.539. The summed E-state index contributed by atoms with van der Waals surface area (Å²) in [4.78, 5) is 17.5. The number of aromatic nitrogens is 1. The topological polar surface area (TPSA) is 60.5 Å². The molecule has 0 saturated carbocycles. The molecule has 1 aliphatic rings. The number of amides is 1. The molecule has 1 N–H and O–H groups in total. The number of hydrogen-bond acceptors (Lipinski definition) is 4. The lowest BCUT2D eigenvalue weighted by Gasteiger charge is -2.36. The molecule has 3 rings (SSSR count). The van der Waals surface area contributed by atoms with E-state index >= 15 is 0 Å². The van der Waals surface area contributed by atoms with Crippen molar-refractivity contribution in [2.75, 3.05) is 25.1 Å². The van der Waals surface area contributed by atoms with Gasteiger partial charge in [0.15, 0.2) is 0 Å². The maximum absolute atomic E-state index is 13.2. The minimum absolute atomic E-state index is 0.0477. The average Bonchev–Trinajstić information content (AvgIpc) is 2.65. The van der Waals surface area contributed by atoms with Crippen LogP contribution >= 0.6 is 11.6 Å². The van der Waals surface area contributed by atoms with Gasteiger partial charge in [-0.3, -0.25) is 4.79 Å². The standard InChI is InChI=1S/C20H23ClN2O3/c1-3-26-18-14(2)12-17(13-22-18)23-19(24)20(8-10-25-11-9-20)15-4-6-16(21)7-5-15/h4-7,12-13H,3,8-11H2,1-2H3,(H,23,24). The van der Waals surface area contributed by atoms with E-state index < -0.39 is 5.41 Å². The predicted molar refractivity (Wildman–Crippen MR) is 102 cm³/mol. The third-order valence-electron chi connectivity index (χ3n) is 4.75. The summed E-state index contributed by atoms with van der Waals surface area (Å²) < 4.78 is 11.0. The number of rotatable bonds is 5. The molecule has 1 aromatic carbocycles. The quantitative estimate of drug-likeness (QED) is 0.854. The summed E-state index contributed by atoms with van der Waals surface area (Å²) in [5, 5.41) is 3.69. The van der Waals surface area contributed by atoms with Gasteiger partial charge in [0.25, 0.3) is 0 Å². The number of nitrogens with zero attached hydrogens (tertiary/aromatic N) is 1. The van der Waals surface area contributed by atoms with Gasteiger partial charge in [-0.15, -0.1) is 0 Å². The van der Waals surface area contributed by atoms with Crippen LogP contribution in [0.2, 0.25) is 5.02 Å². The van der Waals surface area contributed by atoms with Crippen LogP contribution in [-0.2, 0) is 14.9 Å². The van der Waals surface area contributed by atoms with Gasteiger partial charge in [-0.2, -0.15) is 0 Å². The molecule has 0 spiro atoms. The van der Waals surface area contributed by atoms with Crippen LogP contribution in [0.3, 0.4) is 0 Å². The van der Waals surface area contributed by atoms with Crippen molar-refractivity contribution in [2.45, 2.75) is 32.1 Å². The highest BCUT2D eigenvalue weighted by molar-refractivity contribution is 6.30. The van der Waals surface area contributed by atoms with Crippen LogP contribution in [0, 0.1) is 6.92 Å². The summed E-state index contributed by atoms with van der Waals surface area (Å²) in [6.45, 7) is 5.49. The van der Waals surface area contributed by atoms with E-state index in [9.17, 15) is 4.79 Å². The molecular weight excluding hydrogens is 352 g/mol. The molecule has 0 unspecified atom stereocenters. The molecule has 1 saturated heterocycles. The zero-order valence-corrected chi connectivity index (χ0v) is 15.8. The largest absolute Gasteiger partial charge is 0.478 e. The van der Waals surface area contributed by atoms with E-state index in [1.807, 2.05) is 44.2 Å². The van der Waals surface area contributed by atoms with Gasteiger partial charge in [-0.25, -0.2) is 4.98 Å². The van der Waals surface area contributed by atoms with Gasteiger partial charge in [-0.05, 0) is 50.5 Å². The molecule has 0 aliphatic carbocycles. The van der Waals surface area contributed by atoms with E-state index in [0.717, 1.165) is 11.1 Å². The molecule has 5 nitrogen and oxygen atoms in total. The average molecular weight is 375 g/mol. The minimum atomic E-state index is -0.630. The molecule has 2 aromatic rings. The Labute approximate surface area is 158 Å². The van der Waals surface area contributed by atoms with Crippen LogP contribution in [0.25, 0.3) is 0 Å². The van der Waals surface area contributed by atoms with Crippen LogP contribution < -0.4 is 10.1 Å². The van der Waals surface area contributed by atoms with E-state index in [0.29, 0.717) is 49.3 Å². The first-order chi connectivity index (χ1) is 12.5. The van der Waals surface area contributed by atoms with E-state index in [1.54, 1.807) is 6.20 Å². The molecule has 0 atom stereocenters. The van der Waals surface area contributed by atoms with Gasteiger partial charge in [0.1, 0.15) is 0 Å². The molecule has 2 heterocycles.